The molecule has 0 aromatic carbocycles. The quantitative estimate of drug-likeness (QED) is 0.687. The number of aliphatic hydroxyl groups is 1. The summed E-state index contributed by atoms with van der Waals surface area (Å²) in [5.74, 6) is 2.07. The maximum absolute atomic E-state index is 11.7. The van der Waals surface area contributed by atoms with Gasteiger partial charge in [-0.3, -0.25) is 4.79 Å². The van der Waals surface area contributed by atoms with Gasteiger partial charge in [0.25, 0.3) is 0 Å². The van der Waals surface area contributed by atoms with Crippen molar-refractivity contribution in [3.63, 3.8) is 0 Å². The van der Waals surface area contributed by atoms with Crippen LogP contribution in [0.1, 0.15) is 37.3 Å². The molecule has 0 radical (unpaired) electrons. The van der Waals surface area contributed by atoms with Crippen LogP contribution in [0.15, 0.2) is 6.07 Å². The molecule has 0 aliphatic carbocycles. The number of carbonyl (C=O) groups is 1. The zero-order chi connectivity index (χ0) is 17.9. The summed E-state index contributed by atoms with van der Waals surface area (Å²) in [5, 5.41) is 12.9. The Labute approximate surface area is 153 Å². The van der Waals surface area contributed by atoms with Gasteiger partial charge in [-0.05, 0) is 19.3 Å². The summed E-state index contributed by atoms with van der Waals surface area (Å²) in [5.41, 5.74) is 1.01. The number of anilines is 2. The molecule has 3 fully saturated rings. The first-order valence-corrected chi connectivity index (χ1v) is 9.60. The van der Waals surface area contributed by atoms with Crippen molar-refractivity contribution in [2.24, 2.45) is 0 Å². The Morgan fingerprint density at radius 2 is 2.23 bits per heavy atom. The second-order valence-electron chi connectivity index (χ2n) is 7.36. The SMILES string of the molecule is O=C1CCCN1CCCNc1cc([C@@H]2CCOC2)nc(N2CC(O)C2)n1. The Kier molecular flexibility index (Phi) is 5.21. The van der Waals surface area contributed by atoms with E-state index in [0.29, 0.717) is 38.0 Å². The number of hydrogen-bond donors (Lipinski definition) is 2. The van der Waals surface area contributed by atoms with Crippen LogP contribution in [0.25, 0.3) is 0 Å². The molecule has 0 saturated carbocycles. The lowest BCUT2D eigenvalue weighted by Crippen LogP contribution is -2.51. The van der Waals surface area contributed by atoms with Crippen molar-refractivity contribution in [3.8, 4) is 0 Å². The Bertz CT molecular complexity index is 644. The number of rotatable bonds is 7. The number of aliphatic hydroxyl groups excluding tert-OH is 1. The minimum absolute atomic E-state index is 0.272. The molecule has 3 aliphatic heterocycles. The van der Waals surface area contributed by atoms with Gasteiger partial charge in [0.15, 0.2) is 0 Å². The standard InChI is InChI=1S/C18H27N5O3/c24-14-10-23(11-14)18-20-15(13-4-8-26-12-13)9-16(21-18)19-5-2-7-22-6-1-3-17(22)25/h9,13-14,24H,1-8,10-12H2,(H,19,20,21)/t13-/m1/s1. The summed E-state index contributed by atoms with van der Waals surface area (Å²) >= 11 is 0. The van der Waals surface area contributed by atoms with Crippen molar-refractivity contribution >= 4 is 17.7 Å². The van der Waals surface area contributed by atoms with E-state index >= 15 is 0 Å². The molecule has 8 nitrogen and oxygen atoms in total. The van der Waals surface area contributed by atoms with Crippen LogP contribution in [0.2, 0.25) is 0 Å². The Morgan fingerprint density at radius 1 is 1.35 bits per heavy atom. The molecule has 8 heteroatoms. The van der Waals surface area contributed by atoms with Crippen LogP contribution >= 0.6 is 0 Å². The highest BCUT2D eigenvalue weighted by Gasteiger charge is 2.29. The number of β-amino-alcohol motifs (C(OH)–C–C–N with tert-alkyl or cyclic N) is 1. The van der Waals surface area contributed by atoms with Gasteiger partial charge >= 0.3 is 0 Å². The highest BCUT2D eigenvalue weighted by atomic mass is 16.5. The lowest BCUT2D eigenvalue weighted by atomic mass is 10.0. The highest BCUT2D eigenvalue weighted by molar-refractivity contribution is 5.78. The highest BCUT2D eigenvalue weighted by Crippen LogP contribution is 2.28. The molecule has 1 aromatic rings. The van der Waals surface area contributed by atoms with Gasteiger partial charge in [-0.15, -0.1) is 0 Å². The molecule has 2 N–H and O–H groups in total. The van der Waals surface area contributed by atoms with Crippen LogP contribution in [0.4, 0.5) is 11.8 Å². The molecule has 3 aliphatic rings. The lowest BCUT2D eigenvalue weighted by Gasteiger charge is -2.36. The van der Waals surface area contributed by atoms with E-state index in [4.69, 9.17) is 9.72 Å². The number of nitrogens with one attached hydrogen (secondary N) is 1. The predicted molar refractivity (Wildman–Crippen MR) is 97.3 cm³/mol. The molecule has 0 bridgehead atoms. The number of amides is 1. The Hall–Kier alpha value is -1.93. The van der Waals surface area contributed by atoms with Crippen molar-refractivity contribution in [3.05, 3.63) is 11.8 Å². The van der Waals surface area contributed by atoms with Crippen LogP contribution in [0.3, 0.4) is 0 Å². The largest absolute Gasteiger partial charge is 0.389 e. The minimum Gasteiger partial charge on any atom is -0.389 e. The fourth-order valence-electron chi connectivity index (χ4n) is 3.71. The van der Waals surface area contributed by atoms with Crippen molar-refractivity contribution in [2.45, 2.75) is 37.7 Å². The number of nitrogens with zero attached hydrogens (tertiary/aromatic N) is 4. The summed E-state index contributed by atoms with van der Waals surface area (Å²) in [6.45, 7) is 5.10. The Balaban J connectivity index is 1.38. The topological polar surface area (TPSA) is 90.8 Å². The molecule has 1 amide bonds. The van der Waals surface area contributed by atoms with Crippen molar-refractivity contribution in [1.29, 1.82) is 0 Å². The van der Waals surface area contributed by atoms with Crippen LogP contribution in [-0.4, -0.2) is 77.9 Å². The van der Waals surface area contributed by atoms with Gasteiger partial charge in [0.2, 0.25) is 11.9 Å². The minimum atomic E-state index is -0.286. The lowest BCUT2D eigenvalue weighted by molar-refractivity contribution is -0.127. The van der Waals surface area contributed by atoms with E-state index in [0.717, 1.165) is 57.0 Å². The van der Waals surface area contributed by atoms with E-state index in [1.54, 1.807) is 0 Å². The number of carbonyl (C=O) groups excluding carboxylic acids is 1. The molecule has 142 valence electrons. The Morgan fingerprint density at radius 3 is 2.92 bits per heavy atom. The second-order valence-corrected chi connectivity index (χ2v) is 7.36. The van der Waals surface area contributed by atoms with Gasteiger partial charge in [0.05, 0.1) is 18.4 Å². The maximum Gasteiger partial charge on any atom is 0.227 e. The van der Waals surface area contributed by atoms with E-state index in [1.807, 2.05) is 15.9 Å². The monoisotopic (exact) mass is 361 g/mol. The number of aromatic nitrogens is 2. The smallest absolute Gasteiger partial charge is 0.227 e. The van der Waals surface area contributed by atoms with Crippen molar-refractivity contribution in [1.82, 2.24) is 14.9 Å². The van der Waals surface area contributed by atoms with Gasteiger partial charge < -0.3 is 25.0 Å². The molecule has 1 aromatic heterocycles. The first kappa shape index (κ1) is 17.5. The van der Waals surface area contributed by atoms with E-state index < -0.39 is 0 Å². The molecule has 0 spiro atoms. The summed E-state index contributed by atoms with van der Waals surface area (Å²) in [7, 11) is 0. The summed E-state index contributed by atoms with van der Waals surface area (Å²) in [4.78, 5) is 24.9. The second kappa shape index (κ2) is 7.75. The van der Waals surface area contributed by atoms with Gasteiger partial charge in [-0.25, -0.2) is 4.98 Å². The maximum atomic E-state index is 11.7. The zero-order valence-electron chi connectivity index (χ0n) is 15.1. The van der Waals surface area contributed by atoms with Gasteiger partial charge in [-0.1, -0.05) is 0 Å². The molecule has 3 saturated heterocycles. The average Bonchev–Trinajstić information content (AvgIpc) is 3.28. The third kappa shape index (κ3) is 3.91. The fourth-order valence-corrected chi connectivity index (χ4v) is 3.71. The number of likely N-dealkylation sites (tertiary alicyclic amines) is 1. The summed E-state index contributed by atoms with van der Waals surface area (Å²) in [6, 6.07) is 2.01. The summed E-state index contributed by atoms with van der Waals surface area (Å²) in [6.07, 6.45) is 3.27. The van der Waals surface area contributed by atoms with Gasteiger partial charge in [0, 0.05) is 57.7 Å². The molecular formula is C18H27N5O3. The van der Waals surface area contributed by atoms with Gasteiger partial charge in [0.1, 0.15) is 5.82 Å². The van der Waals surface area contributed by atoms with Crippen molar-refractivity contribution in [2.75, 3.05) is 56.2 Å². The number of hydrogen-bond acceptors (Lipinski definition) is 7. The van der Waals surface area contributed by atoms with E-state index in [1.165, 1.54) is 0 Å². The first-order chi connectivity index (χ1) is 12.7. The third-order valence-electron chi connectivity index (χ3n) is 5.31. The van der Waals surface area contributed by atoms with E-state index in [-0.39, 0.29) is 12.0 Å². The molecule has 26 heavy (non-hydrogen) atoms. The summed E-state index contributed by atoms with van der Waals surface area (Å²) < 4.78 is 5.50. The average molecular weight is 361 g/mol. The normalized spacial score (nSPS) is 23.6. The third-order valence-corrected chi connectivity index (χ3v) is 5.31. The van der Waals surface area contributed by atoms with Crippen LogP contribution < -0.4 is 10.2 Å². The van der Waals surface area contributed by atoms with Crippen molar-refractivity contribution < 1.29 is 14.6 Å². The molecule has 1 atom stereocenters. The molecule has 4 heterocycles. The molecule has 4 rings (SSSR count). The van der Waals surface area contributed by atoms with Crippen LogP contribution in [0, 0.1) is 0 Å². The molecular weight excluding hydrogens is 334 g/mol. The van der Waals surface area contributed by atoms with Crippen LogP contribution in [-0.2, 0) is 9.53 Å². The zero-order valence-corrected chi connectivity index (χ0v) is 15.1. The fraction of sp³-hybridized carbons (Fsp3) is 0.722. The first-order valence-electron chi connectivity index (χ1n) is 9.60. The van der Waals surface area contributed by atoms with Gasteiger partial charge in [-0.2, -0.15) is 4.98 Å². The molecule has 0 unspecified atom stereocenters. The number of ether oxygens (including phenoxy) is 1. The van der Waals surface area contributed by atoms with E-state index in [9.17, 15) is 9.90 Å². The van der Waals surface area contributed by atoms with Crippen LogP contribution in [0.5, 0.6) is 0 Å². The van der Waals surface area contributed by atoms with E-state index in [2.05, 4.69) is 10.3 Å². The predicted octanol–water partition coefficient (Wildman–Crippen LogP) is 0.586.